The molecule has 0 bridgehead atoms. The lowest BCUT2D eigenvalue weighted by atomic mass is 10.1. The highest BCUT2D eigenvalue weighted by Gasteiger charge is 2.18. The average molecular weight is 230 g/mol. The molecule has 0 radical (unpaired) electrons. The molecule has 1 unspecified atom stereocenters. The van der Waals surface area contributed by atoms with Crippen molar-refractivity contribution in [3.05, 3.63) is 0 Å². The Bertz CT molecular complexity index is 168. The standard InChI is InChI=1S/C12H26N2O2/c1-4-15-12(16-5-2)9-13-11-7-6-8-14(3)10-11/h11-13H,4-10H2,1-3H3. The van der Waals surface area contributed by atoms with E-state index in [0.29, 0.717) is 19.3 Å². The molecule has 0 amide bonds. The lowest BCUT2D eigenvalue weighted by Crippen LogP contribution is -2.46. The predicted molar refractivity (Wildman–Crippen MR) is 65.6 cm³/mol. The molecule has 1 saturated heterocycles. The molecule has 0 spiro atoms. The molecule has 1 N–H and O–H groups in total. The van der Waals surface area contributed by atoms with E-state index in [4.69, 9.17) is 9.47 Å². The van der Waals surface area contributed by atoms with Crippen molar-refractivity contribution in [1.29, 1.82) is 0 Å². The van der Waals surface area contributed by atoms with Gasteiger partial charge in [0.15, 0.2) is 6.29 Å². The third kappa shape index (κ3) is 5.25. The normalized spacial score (nSPS) is 22.9. The van der Waals surface area contributed by atoms with Gasteiger partial charge >= 0.3 is 0 Å². The molecule has 0 aromatic heterocycles. The van der Waals surface area contributed by atoms with Crippen LogP contribution in [0, 0.1) is 0 Å². The molecule has 1 rings (SSSR count). The van der Waals surface area contributed by atoms with Gasteiger partial charge in [-0.15, -0.1) is 0 Å². The number of nitrogens with one attached hydrogen (secondary N) is 1. The van der Waals surface area contributed by atoms with E-state index in [2.05, 4.69) is 17.3 Å². The smallest absolute Gasteiger partial charge is 0.169 e. The average Bonchev–Trinajstić information content (AvgIpc) is 2.27. The molecule has 0 aromatic carbocycles. The van der Waals surface area contributed by atoms with Crippen LogP contribution in [0.15, 0.2) is 0 Å². The molecule has 1 fully saturated rings. The zero-order valence-corrected chi connectivity index (χ0v) is 10.9. The van der Waals surface area contributed by atoms with Crippen molar-refractivity contribution in [3.63, 3.8) is 0 Å². The molecule has 4 nitrogen and oxygen atoms in total. The van der Waals surface area contributed by atoms with E-state index >= 15 is 0 Å². The highest BCUT2D eigenvalue weighted by Crippen LogP contribution is 2.08. The van der Waals surface area contributed by atoms with E-state index in [0.717, 1.165) is 13.1 Å². The Morgan fingerprint density at radius 2 is 2.00 bits per heavy atom. The third-order valence-electron chi connectivity index (χ3n) is 2.90. The van der Waals surface area contributed by atoms with Gasteiger partial charge in [-0.3, -0.25) is 0 Å². The monoisotopic (exact) mass is 230 g/mol. The van der Waals surface area contributed by atoms with Crippen molar-refractivity contribution in [1.82, 2.24) is 10.2 Å². The molecule has 0 aliphatic carbocycles. The second kappa shape index (κ2) is 8.01. The molecular weight excluding hydrogens is 204 g/mol. The number of hydrogen-bond donors (Lipinski definition) is 1. The van der Waals surface area contributed by atoms with Gasteiger partial charge in [0.2, 0.25) is 0 Å². The molecular formula is C12H26N2O2. The number of piperidine rings is 1. The van der Waals surface area contributed by atoms with E-state index in [1.165, 1.54) is 19.4 Å². The number of ether oxygens (including phenoxy) is 2. The Balaban J connectivity index is 2.19. The van der Waals surface area contributed by atoms with Crippen LogP contribution < -0.4 is 5.32 Å². The Morgan fingerprint density at radius 1 is 1.31 bits per heavy atom. The Hall–Kier alpha value is -0.160. The van der Waals surface area contributed by atoms with Crippen molar-refractivity contribution in [2.45, 2.75) is 39.0 Å². The maximum atomic E-state index is 5.50. The van der Waals surface area contributed by atoms with Gasteiger partial charge in [-0.05, 0) is 40.3 Å². The van der Waals surface area contributed by atoms with Gasteiger partial charge in [0, 0.05) is 32.3 Å². The molecule has 16 heavy (non-hydrogen) atoms. The molecule has 96 valence electrons. The largest absolute Gasteiger partial charge is 0.352 e. The van der Waals surface area contributed by atoms with Gasteiger partial charge in [-0.25, -0.2) is 0 Å². The van der Waals surface area contributed by atoms with Crippen LogP contribution >= 0.6 is 0 Å². The minimum Gasteiger partial charge on any atom is -0.352 e. The number of likely N-dealkylation sites (N-methyl/N-ethyl adjacent to an activating group) is 1. The van der Waals surface area contributed by atoms with Gasteiger partial charge in [-0.1, -0.05) is 0 Å². The first-order valence-corrected chi connectivity index (χ1v) is 6.41. The zero-order valence-electron chi connectivity index (χ0n) is 10.9. The number of likely N-dealkylation sites (tertiary alicyclic amines) is 1. The van der Waals surface area contributed by atoms with E-state index in [9.17, 15) is 0 Å². The summed E-state index contributed by atoms with van der Waals surface area (Å²) in [5.74, 6) is 0. The second-order valence-corrected chi connectivity index (χ2v) is 4.35. The van der Waals surface area contributed by atoms with Crippen LogP contribution in [0.5, 0.6) is 0 Å². The summed E-state index contributed by atoms with van der Waals surface area (Å²) in [5, 5.41) is 3.53. The highest BCUT2D eigenvalue weighted by molar-refractivity contribution is 4.76. The topological polar surface area (TPSA) is 33.7 Å². The van der Waals surface area contributed by atoms with E-state index < -0.39 is 0 Å². The highest BCUT2D eigenvalue weighted by atomic mass is 16.7. The Labute approximate surface area is 99.3 Å². The molecule has 1 heterocycles. The van der Waals surface area contributed by atoms with Gasteiger partial charge in [0.05, 0.1) is 0 Å². The lowest BCUT2D eigenvalue weighted by Gasteiger charge is -2.31. The summed E-state index contributed by atoms with van der Waals surface area (Å²) >= 11 is 0. The summed E-state index contributed by atoms with van der Waals surface area (Å²) in [7, 11) is 2.18. The SMILES string of the molecule is CCOC(CNC1CCCN(C)C1)OCC. The van der Waals surface area contributed by atoms with Crippen LogP contribution in [-0.4, -0.2) is 57.1 Å². The first-order chi connectivity index (χ1) is 7.76. The summed E-state index contributed by atoms with van der Waals surface area (Å²) in [4.78, 5) is 2.37. The van der Waals surface area contributed by atoms with Crippen LogP contribution in [0.25, 0.3) is 0 Å². The lowest BCUT2D eigenvalue weighted by molar-refractivity contribution is -0.134. The van der Waals surface area contributed by atoms with Crippen molar-refractivity contribution in [2.24, 2.45) is 0 Å². The summed E-state index contributed by atoms with van der Waals surface area (Å²) in [6.45, 7) is 8.55. The van der Waals surface area contributed by atoms with Gasteiger partial charge in [-0.2, -0.15) is 0 Å². The van der Waals surface area contributed by atoms with Crippen LogP contribution in [-0.2, 0) is 9.47 Å². The fraction of sp³-hybridized carbons (Fsp3) is 1.00. The van der Waals surface area contributed by atoms with Crippen LogP contribution in [0.4, 0.5) is 0 Å². The van der Waals surface area contributed by atoms with Crippen LogP contribution in [0.3, 0.4) is 0 Å². The van der Waals surface area contributed by atoms with E-state index in [1.54, 1.807) is 0 Å². The summed E-state index contributed by atoms with van der Waals surface area (Å²) in [6, 6.07) is 0.585. The van der Waals surface area contributed by atoms with Crippen molar-refractivity contribution >= 4 is 0 Å². The number of hydrogen-bond acceptors (Lipinski definition) is 4. The third-order valence-corrected chi connectivity index (χ3v) is 2.90. The van der Waals surface area contributed by atoms with E-state index in [1.807, 2.05) is 13.8 Å². The molecule has 1 aliphatic rings. The Kier molecular flexibility index (Phi) is 6.96. The summed E-state index contributed by atoms with van der Waals surface area (Å²) in [5.41, 5.74) is 0. The Morgan fingerprint density at radius 3 is 2.56 bits per heavy atom. The predicted octanol–water partition coefficient (Wildman–Crippen LogP) is 1.07. The fourth-order valence-corrected chi connectivity index (χ4v) is 2.13. The molecule has 1 atom stereocenters. The summed E-state index contributed by atoms with van der Waals surface area (Å²) < 4.78 is 11.0. The van der Waals surface area contributed by atoms with E-state index in [-0.39, 0.29) is 6.29 Å². The molecule has 4 heteroatoms. The quantitative estimate of drug-likeness (QED) is 0.663. The first-order valence-electron chi connectivity index (χ1n) is 6.41. The molecule has 0 aromatic rings. The van der Waals surface area contributed by atoms with Crippen LogP contribution in [0.1, 0.15) is 26.7 Å². The maximum absolute atomic E-state index is 5.50. The first kappa shape index (κ1) is 13.9. The number of rotatable bonds is 7. The molecule has 1 aliphatic heterocycles. The minimum atomic E-state index is -0.0952. The van der Waals surface area contributed by atoms with Gasteiger partial charge in [0.25, 0.3) is 0 Å². The second-order valence-electron chi connectivity index (χ2n) is 4.35. The summed E-state index contributed by atoms with van der Waals surface area (Å²) in [6.07, 6.45) is 2.44. The van der Waals surface area contributed by atoms with Crippen molar-refractivity contribution in [2.75, 3.05) is 39.9 Å². The zero-order chi connectivity index (χ0) is 11.8. The van der Waals surface area contributed by atoms with Crippen molar-refractivity contribution in [3.8, 4) is 0 Å². The molecule has 0 saturated carbocycles. The fourth-order valence-electron chi connectivity index (χ4n) is 2.13. The number of nitrogens with zero attached hydrogens (tertiary/aromatic N) is 1. The van der Waals surface area contributed by atoms with Gasteiger partial charge in [0.1, 0.15) is 0 Å². The maximum Gasteiger partial charge on any atom is 0.169 e. The van der Waals surface area contributed by atoms with Crippen LogP contribution in [0.2, 0.25) is 0 Å². The van der Waals surface area contributed by atoms with Crippen molar-refractivity contribution < 1.29 is 9.47 Å². The minimum absolute atomic E-state index is 0.0952. The van der Waals surface area contributed by atoms with Gasteiger partial charge < -0.3 is 19.7 Å².